The molecule has 0 unspecified atom stereocenters. The van der Waals surface area contributed by atoms with E-state index < -0.39 is 10.0 Å². The van der Waals surface area contributed by atoms with Crippen molar-refractivity contribution in [1.82, 2.24) is 4.90 Å². The highest BCUT2D eigenvalue weighted by Gasteiger charge is 2.23. The average Bonchev–Trinajstić information content (AvgIpc) is 2.95. The summed E-state index contributed by atoms with van der Waals surface area (Å²) >= 11 is 9.56. The van der Waals surface area contributed by atoms with Gasteiger partial charge in [0, 0.05) is 23.6 Å². The highest BCUT2D eigenvalue weighted by Crippen LogP contribution is 2.31. The van der Waals surface area contributed by atoms with Crippen molar-refractivity contribution in [2.75, 3.05) is 24.9 Å². The fourth-order valence-corrected chi connectivity index (χ4v) is 4.87. The molecule has 0 amide bonds. The van der Waals surface area contributed by atoms with Crippen molar-refractivity contribution in [2.45, 2.75) is 24.3 Å². The second kappa shape index (κ2) is 7.76. The smallest absolute Gasteiger partial charge is 0.262 e. The summed E-state index contributed by atoms with van der Waals surface area (Å²) in [4.78, 5) is 2.41. The Morgan fingerprint density at radius 1 is 1.27 bits per heavy atom. The van der Waals surface area contributed by atoms with Gasteiger partial charge in [-0.05, 0) is 56.3 Å². The molecule has 5 nitrogen and oxygen atoms in total. The number of aryl methyl sites for hydroxylation is 1. The number of nitrogens with one attached hydrogen (secondary N) is 1. The Labute approximate surface area is 167 Å². The summed E-state index contributed by atoms with van der Waals surface area (Å²) in [6.07, 6.45) is 0.971. The number of rotatable bonds is 5. The van der Waals surface area contributed by atoms with Crippen molar-refractivity contribution in [2.24, 2.45) is 0 Å². The normalized spacial score (nSPS) is 18.1. The van der Waals surface area contributed by atoms with Crippen LogP contribution in [0.15, 0.2) is 45.8 Å². The minimum absolute atomic E-state index is 0.0538. The molecule has 1 N–H and O–H groups in total. The van der Waals surface area contributed by atoms with Crippen LogP contribution in [0.1, 0.15) is 12.0 Å². The highest BCUT2D eigenvalue weighted by atomic mass is 79.9. The van der Waals surface area contributed by atoms with Gasteiger partial charge in [0.25, 0.3) is 10.0 Å². The molecule has 0 radical (unpaired) electrons. The second-order valence-electron chi connectivity index (χ2n) is 6.45. The molecule has 0 bridgehead atoms. The number of ether oxygens (including phenoxy) is 1. The summed E-state index contributed by atoms with van der Waals surface area (Å²) in [6, 6.07) is 9.94. The Morgan fingerprint density at radius 3 is 2.69 bits per heavy atom. The second-order valence-corrected chi connectivity index (χ2v) is 9.42. The van der Waals surface area contributed by atoms with Gasteiger partial charge in [-0.15, -0.1) is 0 Å². The molecule has 1 heterocycles. The monoisotopic (exact) mass is 458 g/mol. The molecule has 0 aliphatic carbocycles. The van der Waals surface area contributed by atoms with Gasteiger partial charge in [-0.25, -0.2) is 8.42 Å². The van der Waals surface area contributed by atoms with Crippen molar-refractivity contribution in [3.63, 3.8) is 0 Å². The number of likely N-dealkylation sites (tertiary alicyclic amines) is 1. The van der Waals surface area contributed by atoms with Crippen LogP contribution in [0, 0.1) is 6.92 Å². The topological polar surface area (TPSA) is 58.6 Å². The molecular formula is C18H20BrClN2O3S. The van der Waals surface area contributed by atoms with Crippen LogP contribution >= 0.6 is 27.5 Å². The number of benzene rings is 2. The first kappa shape index (κ1) is 19.5. The van der Waals surface area contributed by atoms with E-state index in [-0.39, 0.29) is 11.0 Å². The number of anilines is 1. The molecular weight excluding hydrogens is 440 g/mol. The Kier molecular flexibility index (Phi) is 5.81. The number of likely N-dealkylation sites (N-methyl/N-ethyl adjacent to an activating group) is 1. The van der Waals surface area contributed by atoms with Crippen LogP contribution in [0.5, 0.6) is 5.75 Å². The lowest BCUT2D eigenvalue weighted by Crippen LogP contribution is -2.21. The van der Waals surface area contributed by atoms with Gasteiger partial charge in [-0.1, -0.05) is 27.5 Å². The van der Waals surface area contributed by atoms with Gasteiger partial charge < -0.3 is 9.64 Å². The third kappa shape index (κ3) is 4.52. The molecule has 3 rings (SSSR count). The van der Waals surface area contributed by atoms with Gasteiger partial charge in [0.1, 0.15) is 11.9 Å². The zero-order valence-corrected chi connectivity index (χ0v) is 17.7. The maximum Gasteiger partial charge on any atom is 0.262 e. The maximum absolute atomic E-state index is 12.7. The molecule has 2 aromatic rings. The fraction of sp³-hybridized carbons (Fsp3) is 0.333. The molecule has 2 aromatic carbocycles. The Bertz CT molecular complexity index is 921. The van der Waals surface area contributed by atoms with E-state index in [4.69, 9.17) is 16.3 Å². The first-order chi connectivity index (χ1) is 12.2. The summed E-state index contributed by atoms with van der Waals surface area (Å²) in [6.45, 7) is 3.55. The average molecular weight is 460 g/mol. The lowest BCUT2D eigenvalue weighted by Gasteiger charge is -2.16. The predicted octanol–water partition coefficient (Wildman–Crippen LogP) is 4.29. The van der Waals surface area contributed by atoms with Crippen LogP contribution in [0.2, 0.25) is 5.02 Å². The fourth-order valence-electron chi connectivity index (χ4n) is 2.95. The molecule has 140 valence electrons. The van der Waals surface area contributed by atoms with Crippen LogP contribution in [-0.4, -0.2) is 39.6 Å². The quantitative estimate of drug-likeness (QED) is 0.724. The zero-order chi connectivity index (χ0) is 18.9. The summed E-state index contributed by atoms with van der Waals surface area (Å²) in [5, 5.41) is 0.460. The molecule has 1 aliphatic rings. The molecule has 1 fully saturated rings. The Morgan fingerprint density at radius 2 is 2.04 bits per heavy atom. The summed E-state index contributed by atoms with van der Waals surface area (Å²) in [7, 11) is -1.67. The molecule has 1 aliphatic heterocycles. The van der Waals surface area contributed by atoms with Gasteiger partial charge in [0.2, 0.25) is 0 Å². The third-order valence-electron chi connectivity index (χ3n) is 4.25. The van der Waals surface area contributed by atoms with Gasteiger partial charge >= 0.3 is 0 Å². The van der Waals surface area contributed by atoms with Crippen molar-refractivity contribution >= 4 is 43.2 Å². The molecule has 0 aromatic heterocycles. The molecule has 8 heteroatoms. The minimum Gasteiger partial charge on any atom is -0.487 e. The van der Waals surface area contributed by atoms with Crippen molar-refractivity contribution in [3.8, 4) is 5.75 Å². The number of halogens is 2. The van der Waals surface area contributed by atoms with Crippen LogP contribution in [0.4, 0.5) is 5.69 Å². The first-order valence-corrected chi connectivity index (χ1v) is 10.8. The zero-order valence-electron chi connectivity index (χ0n) is 14.5. The van der Waals surface area contributed by atoms with Crippen LogP contribution < -0.4 is 9.46 Å². The number of nitrogens with zero attached hydrogens (tertiary/aromatic N) is 1. The van der Waals surface area contributed by atoms with Crippen LogP contribution in [-0.2, 0) is 10.0 Å². The van der Waals surface area contributed by atoms with Crippen molar-refractivity contribution in [1.29, 1.82) is 0 Å². The minimum atomic E-state index is -3.70. The standard InChI is InChI=1S/C18H20BrClN2O3S/c1-12-9-13(19)3-6-18(12)26(23,24)21-14-4-5-16(20)17(10-14)25-15-7-8-22(2)11-15/h3-6,9-10,15,21H,7-8,11H2,1-2H3/t15-/m1/s1. The van der Waals surface area contributed by atoms with Crippen LogP contribution in [0.25, 0.3) is 0 Å². The van der Waals surface area contributed by atoms with E-state index in [1.165, 1.54) is 0 Å². The summed E-state index contributed by atoms with van der Waals surface area (Å²) < 4.78 is 34.8. The van der Waals surface area contributed by atoms with Gasteiger partial charge in [0.15, 0.2) is 0 Å². The van der Waals surface area contributed by atoms with Gasteiger partial charge in [-0.3, -0.25) is 4.72 Å². The predicted molar refractivity (Wildman–Crippen MR) is 108 cm³/mol. The van der Waals surface area contributed by atoms with E-state index in [1.54, 1.807) is 43.3 Å². The van der Waals surface area contributed by atoms with Gasteiger partial charge in [-0.2, -0.15) is 0 Å². The third-order valence-corrected chi connectivity index (χ3v) is 6.60. The van der Waals surface area contributed by atoms with Gasteiger partial charge in [0.05, 0.1) is 15.6 Å². The van der Waals surface area contributed by atoms with Crippen LogP contribution in [0.3, 0.4) is 0 Å². The maximum atomic E-state index is 12.7. The van der Waals surface area contributed by atoms with Crippen molar-refractivity contribution < 1.29 is 13.2 Å². The largest absolute Gasteiger partial charge is 0.487 e. The Hall–Kier alpha value is -1.28. The van der Waals surface area contributed by atoms with E-state index in [2.05, 4.69) is 25.6 Å². The van der Waals surface area contributed by atoms with E-state index in [0.29, 0.717) is 22.0 Å². The highest BCUT2D eigenvalue weighted by molar-refractivity contribution is 9.10. The summed E-state index contributed by atoms with van der Waals surface area (Å²) in [5.74, 6) is 0.486. The Balaban J connectivity index is 1.82. The molecule has 0 saturated carbocycles. The lowest BCUT2D eigenvalue weighted by molar-refractivity contribution is 0.208. The molecule has 1 atom stereocenters. The number of hydrogen-bond acceptors (Lipinski definition) is 4. The number of sulfonamides is 1. The first-order valence-electron chi connectivity index (χ1n) is 8.18. The number of hydrogen-bond donors (Lipinski definition) is 1. The molecule has 1 saturated heterocycles. The molecule has 0 spiro atoms. The summed E-state index contributed by atoms with van der Waals surface area (Å²) in [5.41, 5.74) is 1.07. The SMILES string of the molecule is Cc1cc(Br)ccc1S(=O)(=O)Nc1ccc(Cl)c(O[C@@H]2CCN(C)C2)c1. The van der Waals surface area contributed by atoms with E-state index in [1.807, 2.05) is 7.05 Å². The van der Waals surface area contributed by atoms with Crippen molar-refractivity contribution in [3.05, 3.63) is 51.5 Å². The van der Waals surface area contributed by atoms with E-state index in [9.17, 15) is 8.42 Å². The molecule has 26 heavy (non-hydrogen) atoms. The lowest BCUT2D eigenvalue weighted by atomic mass is 10.2. The van der Waals surface area contributed by atoms with E-state index >= 15 is 0 Å². The van der Waals surface area contributed by atoms with E-state index in [0.717, 1.165) is 24.0 Å².